The van der Waals surface area contributed by atoms with Crippen LogP contribution in [0.4, 0.5) is 0 Å². The molecule has 0 amide bonds. The molecule has 1 saturated heterocycles. The molecule has 1 aliphatic rings. The van der Waals surface area contributed by atoms with E-state index in [0.29, 0.717) is 11.7 Å². The first-order chi connectivity index (χ1) is 9.63. The highest BCUT2D eigenvalue weighted by atomic mass is 32.2. The summed E-state index contributed by atoms with van der Waals surface area (Å²) < 4.78 is 39.9. The van der Waals surface area contributed by atoms with Crippen molar-refractivity contribution in [1.82, 2.24) is 13.9 Å². The van der Waals surface area contributed by atoms with E-state index in [-0.39, 0.29) is 18.1 Å². The van der Waals surface area contributed by atoms with Crippen molar-refractivity contribution in [3.8, 4) is 0 Å². The molecule has 0 saturated carbocycles. The van der Waals surface area contributed by atoms with Gasteiger partial charge in [-0.25, -0.2) is 13.4 Å². The van der Waals surface area contributed by atoms with E-state index < -0.39 is 25.6 Å². The fraction of sp³-hybridized carbons (Fsp3) is 0.769. The highest BCUT2D eigenvalue weighted by Crippen LogP contribution is 2.25. The standard InChI is InChI=1S/C13H23N3O3S2/c1-11(2)7-15-8-12(14-10-15)21(18,19)16-5-6-20(17)13(3,4)9-16/h8,10-11H,5-7,9H2,1-4H3/t20-/m0/s1. The van der Waals surface area contributed by atoms with Crippen LogP contribution in [0, 0.1) is 5.92 Å². The van der Waals surface area contributed by atoms with Gasteiger partial charge in [-0.3, -0.25) is 4.21 Å². The van der Waals surface area contributed by atoms with Gasteiger partial charge in [0.05, 0.1) is 11.1 Å². The Labute approximate surface area is 129 Å². The lowest BCUT2D eigenvalue weighted by atomic mass is 10.2. The minimum atomic E-state index is -3.60. The van der Waals surface area contributed by atoms with E-state index in [1.54, 1.807) is 17.1 Å². The van der Waals surface area contributed by atoms with Gasteiger partial charge in [0.25, 0.3) is 10.0 Å². The van der Waals surface area contributed by atoms with Crippen molar-refractivity contribution in [2.24, 2.45) is 5.92 Å². The van der Waals surface area contributed by atoms with Crippen molar-refractivity contribution >= 4 is 20.8 Å². The lowest BCUT2D eigenvalue weighted by molar-refractivity contribution is 0.377. The van der Waals surface area contributed by atoms with Crippen molar-refractivity contribution in [2.75, 3.05) is 18.8 Å². The summed E-state index contributed by atoms with van der Waals surface area (Å²) in [5, 5.41) is 0.0756. The molecule has 0 radical (unpaired) electrons. The molecule has 21 heavy (non-hydrogen) atoms. The Balaban J connectivity index is 2.22. The molecule has 1 aliphatic heterocycles. The van der Waals surface area contributed by atoms with Gasteiger partial charge in [-0.15, -0.1) is 0 Å². The van der Waals surface area contributed by atoms with Crippen molar-refractivity contribution < 1.29 is 12.6 Å². The fourth-order valence-corrected chi connectivity index (χ4v) is 5.34. The van der Waals surface area contributed by atoms with E-state index in [9.17, 15) is 12.6 Å². The molecule has 2 rings (SSSR count). The first-order valence-electron chi connectivity index (χ1n) is 7.03. The number of hydrogen-bond acceptors (Lipinski definition) is 4. The molecular formula is C13H23N3O3S2. The summed E-state index contributed by atoms with van der Waals surface area (Å²) in [5.74, 6) is 0.796. The number of hydrogen-bond donors (Lipinski definition) is 0. The minimum Gasteiger partial charge on any atom is -0.336 e. The number of nitrogens with zero attached hydrogens (tertiary/aromatic N) is 3. The zero-order valence-corrected chi connectivity index (χ0v) is 14.6. The van der Waals surface area contributed by atoms with Crippen LogP contribution in [-0.2, 0) is 27.4 Å². The summed E-state index contributed by atoms with van der Waals surface area (Å²) in [6.45, 7) is 9.09. The molecule has 8 heteroatoms. The van der Waals surface area contributed by atoms with Gasteiger partial charge in [-0.05, 0) is 19.8 Å². The quantitative estimate of drug-likeness (QED) is 0.826. The van der Waals surface area contributed by atoms with Crippen LogP contribution in [0.15, 0.2) is 17.6 Å². The molecule has 120 valence electrons. The number of sulfonamides is 1. The molecule has 1 aromatic heterocycles. The van der Waals surface area contributed by atoms with Gasteiger partial charge in [0.15, 0.2) is 5.03 Å². The van der Waals surface area contributed by atoms with Gasteiger partial charge in [-0.2, -0.15) is 4.31 Å². The molecule has 0 unspecified atom stereocenters. The zero-order valence-electron chi connectivity index (χ0n) is 12.9. The maximum Gasteiger partial charge on any atom is 0.262 e. The molecule has 0 spiro atoms. The SMILES string of the molecule is CC(C)Cn1cnc(S(=O)(=O)N2CC[S@](=O)C(C)(C)C2)c1. The van der Waals surface area contributed by atoms with Gasteiger partial charge in [0, 0.05) is 42.4 Å². The summed E-state index contributed by atoms with van der Waals surface area (Å²) in [7, 11) is -4.60. The third kappa shape index (κ3) is 3.54. The molecule has 1 aromatic rings. The van der Waals surface area contributed by atoms with E-state index in [2.05, 4.69) is 18.8 Å². The second-order valence-corrected chi connectivity index (χ2v) is 10.5. The summed E-state index contributed by atoms with van der Waals surface area (Å²) in [4.78, 5) is 4.04. The summed E-state index contributed by atoms with van der Waals surface area (Å²) in [6, 6.07) is 0. The van der Waals surface area contributed by atoms with Gasteiger partial charge in [-0.1, -0.05) is 13.8 Å². The van der Waals surface area contributed by atoms with Crippen LogP contribution >= 0.6 is 0 Å². The largest absolute Gasteiger partial charge is 0.336 e. The molecule has 0 N–H and O–H groups in total. The Hall–Kier alpha value is -0.730. The molecule has 6 nitrogen and oxygen atoms in total. The van der Waals surface area contributed by atoms with Crippen molar-refractivity contribution in [1.29, 1.82) is 0 Å². The van der Waals surface area contributed by atoms with Gasteiger partial charge in [0.1, 0.15) is 0 Å². The van der Waals surface area contributed by atoms with Crippen LogP contribution in [0.1, 0.15) is 27.7 Å². The number of rotatable bonds is 4. The average molecular weight is 333 g/mol. The third-order valence-corrected chi connectivity index (χ3v) is 7.14. The predicted octanol–water partition coefficient (Wildman–Crippen LogP) is 1.07. The second-order valence-electron chi connectivity index (χ2n) is 6.45. The Kier molecular flexibility index (Phi) is 4.60. The number of imidazole rings is 1. The smallest absolute Gasteiger partial charge is 0.262 e. The third-order valence-electron chi connectivity index (χ3n) is 3.49. The van der Waals surface area contributed by atoms with Crippen LogP contribution in [0.2, 0.25) is 0 Å². The highest BCUT2D eigenvalue weighted by Gasteiger charge is 2.39. The Bertz CT molecular complexity index is 635. The Morgan fingerprint density at radius 1 is 1.43 bits per heavy atom. The van der Waals surface area contributed by atoms with Crippen molar-refractivity contribution in [3.63, 3.8) is 0 Å². The van der Waals surface area contributed by atoms with Gasteiger partial charge in [0.2, 0.25) is 0 Å². The summed E-state index contributed by atoms with van der Waals surface area (Å²) in [5.41, 5.74) is 0. The maximum absolute atomic E-state index is 12.6. The van der Waals surface area contributed by atoms with Crippen LogP contribution in [0.5, 0.6) is 0 Å². The van der Waals surface area contributed by atoms with Crippen LogP contribution in [0.3, 0.4) is 0 Å². The average Bonchev–Trinajstić information content (AvgIpc) is 2.80. The monoisotopic (exact) mass is 333 g/mol. The maximum atomic E-state index is 12.6. The van der Waals surface area contributed by atoms with Gasteiger partial charge < -0.3 is 4.57 Å². The van der Waals surface area contributed by atoms with E-state index in [4.69, 9.17) is 0 Å². The molecular weight excluding hydrogens is 310 g/mol. The Morgan fingerprint density at radius 2 is 2.10 bits per heavy atom. The van der Waals surface area contributed by atoms with Crippen molar-refractivity contribution in [2.45, 2.75) is 44.0 Å². The lowest BCUT2D eigenvalue weighted by Crippen LogP contribution is -2.52. The first-order valence-corrected chi connectivity index (χ1v) is 9.79. The summed E-state index contributed by atoms with van der Waals surface area (Å²) >= 11 is 0. The van der Waals surface area contributed by atoms with E-state index in [0.717, 1.165) is 6.54 Å². The molecule has 0 aromatic carbocycles. The minimum absolute atomic E-state index is 0.0756. The lowest BCUT2D eigenvalue weighted by Gasteiger charge is -2.35. The molecule has 1 fully saturated rings. The second kappa shape index (κ2) is 5.81. The fourth-order valence-electron chi connectivity index (χ4n) is 2.37. The van der Waals surface area contributed by atoms with E-state index in [1.165, 1.54) is 4.31 Å². The molecule has 0 bridgehead atoms. The Morgan fingerprint density at radius 3 is 2.67 bits per heavy atom. The van der Waals surface area contributed by atoms with Gasteiger partial charge >= 0.3 is 0 Å². The predicted molar refractivity (Wildman–Crippen MR) is 82.9 cm³/mol. The van der Waals surface area contributed by atoms with E-state index >= 15 is 0 Å². The topological polar surface area (TPSA) is 72.3 Å². The van der Waals surface area contributed by atoms with Crippen LogP contribution < -0.4 is 0 Å². The van der Waals surface area contributed by atoms with Crippen molar-refractivity contribution in [3.05, 3.63) is 12.5 Å². The van der Waals surface area contributed by atoms with Crippen LogP contribution in [-0.4, -0.2) is 50.1 Å². The number of aromatic nitrogens is 2. The zero-order chi connectivity index (χ0) is 15.8. The molecule has 1 atom stereocenters. The first kappa shape index (κ1) is 16.6. The normalized spacial score (nSPS) is 23.6. The highest BCUT2D eigenvalue weighted by molar-refractivity contribution is 7.89. The summed E-state index contributed by atoms with van der Waals surface area (Å²) in [6.07, 6.45) is 3.13. The van der Waals surface area contributed by atoms with E-state index in [1.807, 2.05) is 13.8 Å². The molecule has 0 aliphatic carbocycles. The molecule has 2 heterocycles. The van der Waals surface area contributed by atoms with Crippen LogP contribution in [0.25, 0.3) is 0 Å².